The van der Waals surface area contributed by atoms with E-state index in [4.69, 9.17) is 11.6 Å². The molecule has 0 radical (unpaired) electrons. The van der Waals surface area contributed by atoms with Gasteiger partial charge in [-0.2, -0.15) is 4.39 Å². The molecule has 16 heavy (non-hydrogen) atoms. The fourth-order valence-corrected chi connectivity index (χ4v) is 1.01. The Morgan fingerprint density at radius 2 is 2.12 bits per heavy atom. The number of hydrogen-bond donors (Lipinski definition) is 0. The highest BCUT2D eigenvalue weighted by Crippen LogP contribution is 2.27. The fraction of sp³-hybridized carbons (Fsp3) is 0.143. The van der Waals surface area contributed by atoms with Crippen molar-refractivity contribution in [2.24, 2.45) is 0 Å². The molecule has 0 unspecified atom stereocenters. The lowest BCUT2D eigenvalue weighted by atomic mass is 10.2. The van der Waals surface area contributed by atoms with Crippen LogP contribution < -0.4 is 0 Å². The zero-order valence-electron chi connectivity index (χ0n) is 7.29. The van der Waals surface area contributed by atoms with Crippen molar-refractivity contribution in [2.75, 3.05) is 0 Å². The van der Waals surface area contributed by atoms with E-state index in [0.29, 0.717) is 6.07 Å². The molecule has 1 aromatic heterocycles. The number of pyridine rings is 1. The first-order valence-corrected chi connectivity index (χ1v) is 4.05. The van der Waals surface area contributed by atoms with Gasteiger partial charge in [0.05, 0.1) is 4.92 Å². The molecule has 1 heterocycles. The minimum atomic E-state index is -3.38. The van der Waals surface area contributed by atoms with Crippen molar-refractivity contribution in [1.82, 2.24) is 4.98 Å². The van der Waals surface area contributed by atoms with Crippen LogP contribution >= 0.6 is 11.6 Å². The van der Waals surface area contributed by atoms with Crippen molar-refractivity contribution >= 4 is 22.5 Å². The summed E-state index contributed by atoms with van der Waals surface area (Å²) in [5, 5.41) is 9.02. The van der Waals surface area contributed by atoms with Crippen molar-refractivity contribution in [2.45, 2.75) is 6.43 Å². The van der Waals surface area contributed by atoms with Crippen LogP contribution in [0.3, 0.4) is 0 Å². The Bertz CT molecular complexity index is 466. The Balaban J connectivity index is 3.51. The van der Waals surface area contributed by atoms with E-state index >= 15 is 0 Å². The predicted octanol–water partition coefficient (Wildman–Crippen LogP) is 2.45. The second-order valence-corrected chi connectivity index (χ2v) is 2.90. The molecule has 0 amide bonds. The number of rotatable bonds is 3. The quantitative estimate of drug-likeness (QED) is 0.472. The van der Waals surface area contributed by atoms with Gasteiger partial charge in [0.15, 0.2) is 0 Å². The Morgan fingerprint density at radius 3 is 2.50 bits per heavy atom. The summed E-state index contributed by atoms with van der Waals surface area (Å²) in [7, 11) is 0. The molecule has 0 fully saturated rings. The predicted molar refractivity (Wildman–Crippen MR) is 46.0 cm³/mol. The van der Waals surface area contributed by atoms with E-state index in [1.807, 2.05) is 0 Å². The minimum Gasteiger partial charge on any atom is -0.274 e. The lowest BCUT2D eigenvalue weighted by molar-refractivity contribution is -0.387. The number of carbonyl (C=O) groups is 1. The number of carbonyl (C=O) groups excluding carboxylic acids is 1. The summed E-state index contributed by atoms with van der Waals surface area (Å²) in [4.78, 5) is 22.6. The van der Waals surface area contributed by atoms with Crippen LogP contribution in [0.5, 0.6) is 0 Å². The summed E-state index contributed by atoms with van der Waals surface area (Å²) in [6.07, 6.45) is -3.38. The summed E-state index contributed by atoms with van der Waals surface area (Å²) < 4.78 is 37.5. The van der Waals surface area contributed by atoms with Crippen LogP contribution in [0.4, 0.5) is 18.9 Å². The van der Waals surface area contributed by atoms with Gasteiger partial charge in [0.25, 0.3) is 11.7 Å². The highest BCUT2D eigenvalue weighted by molar-refractivity contribution is 6.67. The average molecular weight is 255 g/mol. The Kier molecular flexibility index (Phi) is 3.43. The van der Waals surface area contributed by atoms with Gasteiger partial charge in [-0.05, 0) is 11.6 Å². The molecule has 0 atom stereocenters. The van der Waals surface area contributed by atoms with Gasteiger partial charge in [-0.1, -0.05) is 0 Å². The number of aromatic nitrogens is 1. The van der Waals surface area contributed by atoms with E-state index in [1.165, 1.54) is 0 Å². The van der Waals surface area contributed by atoms with Crippen LogP contribution in [0, 0.1) is 15.9 Å². The molecular weight excluding hydrogens is 253 g/mol. The van der Waals surface area contributed by atoms with Gasteiger partial charge in [0, 0.05) is 6.07 Å². The van der Waals surface area contributed by atoms with E-state index in [2.05, 4.69) is 4.98 Å². The first kappa shape index (κ1) is 12.4. The average Bonchev–Trinajstić information content (AvgIpc) is 2.16. The Morgan fingerprint density at radius 1 is 1.56 bits per heavy atom. The molecule has 1 rings (SSSR count). The van der Waals surface area contributed by atoms with Gasteiger partial charge in [0.1, 0.15) is 11.4 Å². The smallest absolute Gasteiger partial charge is 0.274 e. The molecule has 0 aliphatic rings. The molecule has 0 spiro atoms. The first-order valence-electron chi connectivity index (χ1n) is 3.67. The number of alkyl halides is 2. The van der Waals surface area contributed by atoms with Gasteiger partial charge in [-0.15, -0.1) is 0 Å². The van der Waals surface area contributed by atoms with Crippen LogP contribution in [-0.2, 0) is 0 Å². The van der Waals surface area contributed by atoms with Crippen LogP contribution in [0.1, 0.15) is 22.6 Å². The van der Waals surface area contributed by atoms with Gasteiger partial charge >= 0.3 is 5.69 Å². The molecule has 86 valence electrons. The molecule has 1 aromatic rings. The largest absolute Gasteiger partial charge is 0.309 e. The molecule has 0 aliphatic heterocycles. The van der Waals surface area contributed by atoms with Gasteiger partial charge in [-0.3, -0.25) is 14.9 Å². The molecular formula is C7H2ClF3N2O3. The van der Waals surface area contributed by atoms with Gasteiger partial charge < -0.3 is 0 Å². The summed E-state index contributed by atoms with van der Waals surface area (Å²) in [6.45, 7) is 0. The molecule has 0 saturated heterocycles. The molecule has 0 N–H and O–H groups in total. The van der Waals surface area contributed by atoms with Crippen molar-refractivity contribution in [3.8, 4) is 0 Å². The van der Waals surface area contributed by atoms with Crippen molar-refractivity contribution in [1.29, 1.82) is 0 Å². The van der Waals surface area contributed by atoms with E-state index in [0.717, 1.165) is 0 Å². The van der Waals surface area contributed by atoms with Crippen LogP contribution in [0.15, 0.2) is 6.07 Å². The number of nitrogens with zero attached hydrogens (tertiary/aromatic N) is 2. The first-order chi connectivity index (χ1) is 7.34. The summed E-state index contributed by atoms with van der Waals surface area (Å²) in [5.41, 5.74) is -3.54. The molecule has 0 aliphatic carbocycles. The lowest BCUT2D eigenvalue weighted by Gasteiger charge is -2.03. The van der Waals surface area contributed by atoms with Crippen molar-refractivity contribution in [3.63, 3.8) is 0 Å². The third-order valence-corrected chi connectivity index (χ3v) is 1.76. The zero-order chi connectivity index (χ0) is 12.5. The second-order valence-electron chi connectivity index (χ2n) is 2.56. The van der Waals surface area contributed by atoms with Crippen molar-refractivity contribution in [3.05, 3.63) is 33.4 Å². The summed E-state index contributed by atoms with van der Waals surface area (Å²) in [6, 6.07) is 0.399. The lowest BCUT2D eigenvalue weighted by Crippen LogP contribution is -2.06. The highest BCUT2D eigenvalue weighted by atomic mass is 35.5. The zero-order valence-corrected chi connectivity index (χ0v) is 8.04. The Hall–Kier alpha value is -1.70. The van der Waals surface area contributed by atoms with Gasteiger partial charge in [-0.25, -0.2) is 13.8 Å². The minimum absolute atomic E-state index is 0.399. The SMILES string of the molecule is O=C(Cl)c1cc([N+](=O)[O-])c(F)c(C(F)F)n1. The molecule has 5 nitrogen and oxygen atoms in total. The third kappa shape index (κ3) is 2.27. The maximum absolute atomic E-state index is 13.1. The normalized spacial score (nSPS) is 10.6. The Labute approximate surface area is 91.0 Å². The maximum Gasteiger partial charge on any atom is 0.309 e. The van der Waals surface area contributed by atoms with E-state index in [-0.39, 0.29) is 0 Å². The third-order valence-electron chi connectivity index (χ3n) is 1.57. The van der Waals surface area contributed by atoms with Crippen LogP contribution in [0.25, 0.3) is 0 Å². The van der Waals surface area contributed by atoms with Gasteiger partial charge in [0.2, 0.25) is 5.82 Å². The van der Waals surface area contributed by atoms with Crippen LogP contribution in [0.2, 0.25) is 0 Å². The number of hydrogen-bond acceptors (Lipinski definition) is 4. The topological polar surface area (TPSA) is 73.1 Å². The summed E-state index contributed by atoms with van der Waals surface area (Å²) in [5.74, 6) is -1.78. The molecule has 0 saturated carbocycles. The van der Waals surface area contributed by atoms with Crippen LogP contribution in [-0.4, -0.2) is 15.1 Å². The van der Waals surface area contributed by atoms with E-state index in [1.54, 1.807) is 0 Å². The fourth-order valence-electron chi connectivity index (χ4n) is 0.913. The van der Waals surface area contributed by atoms with Crippen molar-refractivity contribution < 1.29 is 22.9 Å². The second kappa shape index (κ2) is 4.44. The highest BCUT2D eigenvalue weighted by Gasteiger charge is 2.27. The summed E-state index contributed by atoms with van der Waals surface area (Å²) >= 11 is 4.92. The van der Waals surface area contributed by atoms with E-state index < -0.39 is 39.5 Å². The number of halogens is 4. The standard InChI is InChI=1S/C7H2ClF3N2O3/c8-6(14)2-1-3(13(15)16)4(9)5(12-2)7(10)11/h1,7H. The maximum atomic E-state index is 13.1. The molecule has 9 heteroatoms. The number of nitro groups is 1. The monoisotopic (exact) mass is 254 g/mol. The molecule has 0 bridgehead atoms. The van der Waals surface area contributed by atoms with E-state index in [9.17, 15) is 28.1 Å². The molecule has 0 aromatic carbocycles.